The minimum absolute atomic E-state index is 0.504. The summed E-state index contributed by atoms with van der Waals surface area (Å²) in [6, 6.07) is 14.0. The van der Waals surface area contributed by atoms with E-state index >= 15 is 0 Å². The monoisotopic (exact) mass is 372 g/mol. The van der Waals surface area contributed by atoms with E-state index in [-0.39, 0.29) is 0 Å². The van der Waals surface area contributed by atoms with E-state index in [9.17, 15) is 16.8 Å². The molecule has 23 heavy (non-hydrogen) atoms. The number of nitrogens with one attached hydrogen (secondary N) is 2. The Morgan fingerprint density at radius 3 is 1.22 bits per heavy atom. The summed E-state index contributed by atoms with van der Waals surface area (Å²) < 4.78 is 49.4. The molecule has 6 nitrogen and oxygen atoms in total. The van der Waals surface area contributed by atoms with E-state index in [1.54, 1.807) is 48.5 Å². The molecule has 2 aromatic carbocycles. The zero-order chi connectivity index (χ0) is 17.1. The van der Waals surface area contributed by atoms with Crippen LogP contribution >= 0.6 is 11.8 Å². The lowest BCUT2D eigenvalue weighted by Crippen LogP contribution is -2.09. The van der Waals surface area contributed by atoms with Crippen LogP contribution in [-0.4, -0.2) is 29.3 Å². The first-order valence-electron chi connectivity index (χ1n) is 6.44. The molecule has 2 rings (SSSR count). The van der Waals surface area contributed by atoms with Gasteiger partial charge in [-0.25, -0.2) is 16.8 Å². The molecule has 0 bridgehead atoms. The number of rotatable bonds is 6. The molecule has 0 aliphatic heterocycles. The Morgan fingerprint density at radius 2 is 0.957 bits per heavy atom. The summed E-state index contributed by atoms with van der Waals surface area (Å²) in [6.45, 7) is 0. The highest BCUT2D eigenvalue weighted by Crippen LogP contribution is 2.29. The SMILES string of the molecule is CS(=O)(=O)Nc1ccc(Sc2ccc(NS(C)(=O)=O)cc2)cc1. The number of hydrogen-bond donors (Lipinski definition) is 2. The summed E-state index contributed by atoms with van der Waals surface area (Å²) in [7, 11) is -6.56. The van der Waals surface area contributed by atoms with Crippen LogP contribution in [0.5, 0.6) is 0 Å². The molecule has 0 radical (unpaired) electrons. The molecule has 2 N–H and O–H groups in total. The lowest BCUT2D eigenvalue weighted by atomic mass is 10.3. The van der Waals surface area contributed by atoms with Gasteiger partial charge in [-0.05, 0) is 48.5 Å². The Kier molecular flexibility index (Phi) is 5.23. The van der Waals surface area contributed by atoms with Crippen molar-refractivity contribution in [3.8, 4) is 0 Å². The van der Waals surface area contributed by atoms with Crippen LogP contribution in [-0.2, 0) is 20.0 Å². The Balaban J connectivity index is 2.04. The van der Waals surface area contributed by atoms with E-state index in [1.807, 2.05) is 0 Å². The Hall–Kier alpha value is -1.71. The summed E-state index contributed by atoms with van der Waals surface area (Å²) >= 11 is 1.49. The largest absolute Gasteiger partial charge is 0.284 e. The molecule has 0 atom stereocenters. The van der Waals surface area contributed by atoms with Crippen LogP contribution in [0.15, 0.2) is 58.3 Å². The van der Waals surface area contributed by atoms with Crippen LogP contribution in [0.25, 0.3) is 0 Å². The fourth-order valence-electron chi connectivity index (χ4n) is 1.75. The topological polar surface area (TPSA) is 92.3 Å². The molecule has 0 aliphatic rings. The van der Waals surface area contributed by atoms with Crippen molar-refractivity contribution in [1.29, 1.82) is 0 Å². The number of anilines is 2. The second kappa shape index (κ2) is 6.81. The smallest absolute Gasteiger partial charge is 0.229 e. The van der Waals surface area contributed by atoms with Crippen LogP contribution in [0.3, 0.4) is 0 Å². The van der Waals surface area contributed by atoms with Crippen LogP contribution in [0.2, 0.25) is 0 Å². The normalized spacial score (nSPS) is 11.9. The van der Waals surface area contributed by atoms with Gasteiger partial charge in [-0.15, -0.1) is 0 Å². The second-order valence-corrected chi connectivity index (χ2v) is 9.54. The number of benzene rings is 2. The minimum Gasteiger partial charge on any atom is -0.284 e. The zero-order valence-corrected chi connectivity index (χ0v) is 14.9. The van der Waals surface area contributed by atoms with E-state index in [2.05, 4.69) is 9.44 Å². The lowest BCUT2D eigenvalue weighted by molar-refractivity contribution is 0.605. The first-order valence-corrected chi connectivity index (χ1v) is 11.0. The van der Waals surface area contributed by atoms with Gasteiger partial charge >= 0.3 is 0 Å². The molecule has 0 spiro atoms. The molecule has 0 fully saturated rings. The van der Waals surface area contributed by atoms with E-state index in [0.29, 0.717) is 11.4 Å². The van der Waals surface area contributed by atoms with Crippen molar-refractivity contribution < 1.29 is 16.8 Å². The van der Waals surface area contributed by atoms with Gasteiger partial charge in [0.05, 0.1) is 12.5 Å². The number of hydrogen-bond acceptors (Lipinski definition) is 5. The molecule has 0 amide bonds. The zero-order valence-electron chi connectivity index (χ0n) is 12.5. The van der Waals surface area contributed by atoms with Gasteiger partial charge in [-0.2, -0.15) is 0 Å². The Labute approximate surface area is 140 Å². The summed E-state index contributed by atoms with van der Waals surface area (Å²) in [5.41, 5.74) is 1.01. The third-order valence-corrected chi connectivity index (χ3v) is 4.78. The molecule has 9 heteroatoms. The van der Waals surface area contributed by atoms with E-state index in [4.69, 9.17) is 0 Å². The van der Waals surface area contributed by atoms with E-state index in [1.165, 1.54) is 11.8 Å². The summed E-state index contributed by atoms with van der Waals surface area (Å²) in [4.78, 5) is 1.88. The van der Waals surface area contributed by atoms with Crippen molar-refractivity contribution in [2.45, 2.75) is 9.79 Å². The van der Waals surface area contributed by atoms with Crippen molar-refractivity contribution in [2.75, 3.05) is 22.0 Å². The van der Waals surface area contributed by atoms with Gasteiger partial charge in [-0.3, -0.25) is 9.44 Å². The first kappa shape index (κ1) is 17.6. The van der Waals surface area contributed by atoms with Crippen molar-refractivity contribution >= 4 is 43.2 Å². The van der Waals surface area contributed by atoms with E-state index in [0.717, 1.165) is 22.3 Å². The minimum atomic E-state index is -3.28. The van der Waals surface area contributed by atoms with Gasteiger partial charge in [0.15, 0.2) is 0 Å². The van der Waals surface area contributed by atoms with Crippen LogP contribution in [0, 0.1) is 0 Å². The van der Waals surface area contributed by atoms with Gasteiger partial charge in [0.2, 0.25) is 20.0 Å². The van der Waals surface area contributed by atoms with Gasteiger partial charge in [0.25, 0.3) is 0 Å². The number of sulfonamides is 2. The van der Waals surface area contributed by atoms with Gasteiger partial charge in [0, 0.05) is 21.2 Å². The molecule has 0 aromatic heterocycles. The van der Waals surface area contributed by atoms with Crippen LogP contribution < -0.4 is 9.44 Å². The van der Waals surface area contributed by atoms with Crippen molar-refractivity contribution in [3.05, 3.63) is 48.5 Å². The molecule has 2 aromatic rings. The third kappa shape index (κ3) is 6.51. The van der Waals surface area contributed by atoms with Crippen LogP contribution in [0.1, 0.15) is 0 Å². The molecule has 0 saturated heterocycles. The van der Waals surface area contributed by atoms with Crippen LogP contribution in [0.4, 0.5) is 11.4 Å². The lowest BCUT2D eigenvalue weighted by Gasteiger charge is -2.07. The second-order valence-electron chi connectivity index (χ2n) is 4.90. The highest BCUT2D eigenvalue weighted by Gasteiger charge is 2.04. The fourth-order valence-corrected chi connectivity index (χ4v) is 3.69. The van der Waals surface area contributed by atoms with E-state index < -0.39 is 20.0 Å². The molecule has 124 valence electrons. The first-order chi connectivity index (χ1) is 10.6. The summed E-state index contributed by atoms with van der Waals surface area (Å²) in [6.07, 6.45) is 2.20. The molecule has 0 heterocycles. The predicted octanol–water partition coefficient (Wildman–Crippen LogP) is 2.58. The average Bonchev–Trinajstić information content (AvgIpc) is 2.40. The summed E-state index contributed by atoms with van der Waals surface area (Å²) in [5.74, 6) is 0. The van der Waals surface area contributed by atoms with Gasteiger partial charge in [-0.1, -0.05) is 11.8 Å². The predicted molar refractivity (Wildman–Crippen MR) is 93.9 cm³/mol. The van der Waals surface area contributed by atoms with Gasteiger partial charge < -0.3 is 0 Å². The summed E-state index contributed by atoms with van der Waals surface area (Å²) in [5, 5.41) is 0. The third-order valence-electron chi connectivity index (χ3n) is 2.55. The molecule has 0 unspecified atom stereocenters. The molecular weight excluding hydrogens is 356 g/mol. The Morgan fingerprint density at radius 1 is 0.652 bits per heavy atom. The molecule has 0 aliphatic carbocycles. The standard InChI is InChI=1S/C14H16N2O4S3/c1-22(17,18)15-11-3-7-13(8-4-11)21-14-9-5-12(6-10-14)16-23(2,19)20/h3-10,15-16H,1-2H3. The molecule has 0 saturated carbocycles. The van der Waals surface area contributed by atoms with Crippen molar-refractivity contribution in [1.82, 2.24) is 0 Å². The Bertz CT molecular complexity index is 799. The fraction of sp³-hybridized carbons (Fsp3) is 0.143. The maximum Gasteiger partial charge on any atom is 0.229 e. The maximum absolute atomic E-state index is 11.1. The van der Waals surface area contributed by atoms with Crippen molar-refractivity contribution in [3.63, 3.8) is 0 Å². The maximum atomic E-state index is 11.1. The quantitative estimate of drug-likeness (QED) is 0.813. The van der Waals surface area contributed by atoms with Crippen molar-refractivity contribution in [2.24, 2.45) is 0 Å². The molecular formula is C14H16N2O4S3. The highest BCUT2D eigenvalue weighted by atomic mass is 32.2. The highest BCUT2D eigenvalue weighted by molar-refractivity contribution is 7.99. The average molecular weight is 372 g/mol. The van der Waals surface area contributed by atoms with Gasteiger partial charge in [0.1, 0.15) is 0 Å².